The van der Waals surface area contributed by atoms with Crippen LogP contribution < -0.4 is 0 Å². The second-order valence-electron chi connectivity index (χ2n) is 8.32. The zero-order valence-electron chi connectivity index (χ0n) is 15.2. The van der Waals surface area contributed by atoms with Crippen molar-refractivity contribution in [3.8, 4) is 0 Å². The monoisotopic (exact) mass is 342 g/mol. The number of carbonyl (C=O) groups is 1. The van der Waals surface area contributed by atoms with Gasteiger partial charge in [-0.1, -0.05) is 29.8 Å². The Morgan fingerprint density at radius 1 is 1.16 bits per heavy atom. The molecule has 3 heterocycles. The minimum Gasteiger partial charge on any atom is -0.481 e. The lowest BCUT2D eigenvalue weighted by atomic mass is 9.69. The molecule has 3 fully saturated rings. The summed E-state index contributed by atoms with van der Waals surface area (Å²) < 4.78 is 0. The molecule has 0 unspecified atom stereocenters. The van der Waals surface area contributed by atoms with Gasteiger partial charge in [-0.2, -0.15) is 0 Å². The average Bonchev–Trinajstić information content (AvgIpc) is 2.60. The van der Waals surface area contributed by atoms with Gasteiger partial charge in [-0.3, -0.25) is 14.6 Å². The summed E-state index contributed by atoms with van der Waals surface area (Å²) >= 11 is 0. The van der Waals surface area contributed by atoms with Crippen LogP contribution in [0.25, 0.3) is 0 Å². The standard InChI is InChI=1S/C21H30N2O2/c1-15-6-8-16(9-7-15)13-23-14-17-4-2-10-22-11-3-5-18(21(17)22)19(23)12-20(24)25/h6-9,17-19,21H,2-5,10-14H2,1H3,(H,24,25)/t17-,18+,19+,21-/m0/s1. The van der Waals surface area contributed by atoms with Crippen LogP contribution >= 0.6 is 0 Å². The van der Waals surface area contributed by atoms with Crippen molar-refractivity contribution in [2.24, 2.45) is 11.8 Å². The Morgan fingerprint density at radius 3 is 2.60 bits per heavy atom. The SMILES string of the molecule is Cc1ccc(CN2C[C@@H]3CCCN4CCC[C@@H]([C@H]34)[C@H]2CC(=O)O)cc1. The zero-order valence-corrected chi connectivity index (χ0v) is 15.2. The van der Waals surface area contributed by atoms with E-state index in [1.54, 1.807) is 0 Å². The Hall–Kier alpha value is -1.39. The third kappa shape index (κ3) is 3.47. The third-order valence-electron chi connectivity index (χ3n) is 6.67. The smallest absolute Gasteiger partial charge is 0.304 e. The van der Waals surface area contributed by atoms with Crippen LogP contribution in [-0.4, -0.2) is 52.6 Å². The molecule has 0 saturated carbocycles. The summed E-state index contributed by atoms with van der Waals surface area (Å²) in [4.78, 5) is 16.8. The van der Waals surface area contributed by atoms with E-state index in [2.05, 4.69) is 41.0 Å². The van der Waals surface area contributed by atoms with Crippen LogP contribution in [0.2, 0.25) is 0 Å². The lowest BCUT2D eigenvalue weighted by Gasteiger charge is -2.57. The van der Waals surface area contributed by atoms with Crippen LogP contribution in [0.4, 0.5) is 0 Å². The third-order valence-corrected chi connectivity index (χ3v) is 6.67. The fourth-order valence-electron chi connectivity index (χ4n) is 5.65. The van der Waals surface area contributed by atoms with Crippen LogP contribution in [0.5, 0.6) is 0 Å². The number of rotatable bonds is 4. The Kier molecular flexibility index (Phi) is 4.83. The van der Waals surface area contributed by atoms with Crippen LogP contribution in [0.3, 0.4) is 0 Å². The number of carboxylic acids is 1. The quantitative estimate of drug-likeness (QED) is 0.913. The minimum atomic E-state index is -0.648. The number of likely N-dealkylation sites (tertiary alicyclic amines) is 1. The van der Waals surface area contributed by atoms with E-state index >= 15 is 0 Å². The second-order valence-corrected chi connectivity index (χ2v) is 8.32. The van der Waals surface area contributed by atoms with Crippen molar-refractivity contribution in [2.45, 2.75) is 57.7 Å². The molecule has 0 aromatic heterocycles. The van der Waals surface area contributed by atoms with E-state index in [9.17, 15) is 9.90 Å². The largest absolute Gasteiger partial charge is 0.481 e. The van der Waals surface area contributed by atoms with E-state index < -0.39 is 5.97 Å². The highest BCUT2D eigenvalue weighted by molar-refractivity contribution is 5.67. The van der Waals surface area contributed by atoms with E-state index in [0.29, 0.717) is 12.0 Å². The first-order chi connectivity index (χ1) is 12.1. The Morgan fingerprint density at radius 2 is 1.88 bits per heavy atom. The summed E-state index contributed by atoms with van der Waals surface area (Å²) in [5.41, 5.74) is 2.59. The molecule has 1 aromatic carbocycles. The summed E-state index contributed by atoms with van der Waals surface area (Å²) in [5.74, 6) is 0.592. The minimum absolute atomic E-state index is 0.181. The van der Waals surface area contributed by atoms with Crippen LogP contribution in [0, 0.1) is 18.8 Å². The van der Waals surface area contributed by atoms with E-state index in [0.717, 1.165) is 19.0 Å². The summed E-state index contributed by atoms with van der Waals surface area (Å²) in [6.45, 7) is 6.49. The maximum Gasteiger partial charge on any atom is 0.304 e. The van der Waals surface area contributed by atoms with E-state index in [-0.39, 0.29) is 12.5 Å². The number of hydrogen-bond acceptors (Lipinski definition) is 3. The average molecular weight is 342 g/mol. The molecule has 3 aliphatic heterocycles. The molecule has 1 aromatic rings. The maximum absolute atomic E-state index is 11.6. The number of hydrogen-bond donors (Lipinski definition) is 1. The maximum atomic E-state index is 11.6. The molecule has 0 amide bonds. The molecule has 25 heavy (non-hydrogen) atoms. The van der Waals surface area contributed by atoms with E-state index in [4.69, 9.17) is 0 Å². The molecule has 4 heteroatoms. The van der Waals surface area contributed by atoms with Gasteiger partial charge in [0.1, 0.15) is 0 Å². The molecule has 0 spiro atoms. The van der Waals surface area contributed by atoms with Crippen molar-refractivity contribution >= 4 is 5.97 Å². The van der Waals surface area contributed by atoms with Crippen molar-refractivity contribution in [1.82, 2.24) is 9.80 Å². The molecule has 3 aliphatic rings. The molecule has 1 N–H and O–H groups in total. The van der Waals surface area contributed by atoms with Gasteiger partial charge in [-0.05, 0) is 63.1 Å². The number of nitrogens with zero attached hydrogens (tertiary/aromatic N) is 2. The highest BCUT2D eigenvalue weighted by Gasteiger charge is 2.48. The molecular formula is C21H30N2O2. The molecule has 136 valence electrons. The Labute approximate surface area is 150 Å². The first kappa shape index (κ1) is 17.0. The van der Waals surface area contributed by atoms with E-state index in [1.807, 2.05) is 0 Å². The zero-order chi connectivity index (χ0) is 17.4. The number of carboxylic acid groups (broad SMARTS) is 1. The Bertz CT molecular complexity index is 613. The van der Waals surface area contributed by atoms with Gasteiger partial charge in [0.15, 0.2) is 0 Å². The van der Waals surface area contributed by atoms with Gasteiger partial charge < -0.3 is 5.11 Å². The van der Waals surface area contributed by atoms with Gasteiger partial charge in [0.2, 0.25) is 0 Å². The first-order valence-corrected chi connectivity index (χ1v) is 9.87. The first-order valence-electron chi connectivity index (χ1n) is 9.87. The molecule has 0 aliphatic carbocycles. The summed E-state index contributed by atoms with van der Waals surface area (Å²) in [6.07, 6.45) is 5.31. The predicted molar refractivity (Wildman–Crippen MR) is 98.4 cm³/mol. The summed E-state index contributed by atoms with van der Waals surface area (Å²) in [7, 11) is 0. The molecule has 0 radical (unpaired) electrons. The molecule has 4 rings (SSSR count). The molecule has 0 bridgehead atoms. The van der Waals surface area contributed by atoms with Gasteiger partial charge in [0.25, 0.3) is 0 Å². The molecule has 4 nitrogen and oxygen atoms in total. The van der Waals surface area contributed by atoms with Crippen molar-refractivity contribution in [3.05, 3.63) is 35.4 Å². The van der Waals surface area contributed by atoms with Crippen LogP contribution in [0.15, 0.2) is 24.3 Å². The lowest BCUT2D eigenvalue weighted by molar-refractivity contribution is -0.143. The fourth-order valence-corrected chi connectivity index (χ4v) is 5.65. The fraction of sp³-hybridized carbons (Fsp3) is 0.667. The summed E-state index contributed by atoms with van der Waals surface area (Å²) in [5, 5.41) is 9.54. The predicted octanol–water partition coefficient (Wildman–Crippen LogP) is 3.14. The number of aryl methyl sites for hydroxylation is 1. The normalized spacial score (nSPS) is 33.0. The summed E-state index contributed by atoms with van der Waals surface area (Å²) in [6, 6.07) is 9.54. The van der Waals surface area contributed by atoms with Gasteiger partial charge in [0, 0.05) is 25.2 Å². The van der Waals surface area contributed by atoms with Crippen molar-refractivity contribution < 1.29 is 9.90 Å². The number of piperidine rings is 3. The van der Waals surface area contributed by atoms with Gasteiger partial charge in [0.05, 0.1) is 6.42 Å². The Balaban J connectivity index is 1.59. The lowest BCUT2D eigenvalue weighted by Crippen LogP contribution is -2.64. The molecular weight excluding hydrogens is 312 g/mol. The highest BCUT2D eigenvalue weighted by Crippen LogP contribution is 2.43. The topological polar surface area (TPSA) is 43.8 Å². The van der Waals surface area contributed by atoms with Gasteiger partial charge in [-0.25, -0.2) is 0 Å². The van der Waals surface area contributed by atoms with Crippen molar-refractivity contribution in [3.63, 3.8) is 0 Å². The highest BCUT2D eigenvalue weighted by atomic mass is 16.4. The van der Waals surface area contributed by atoms with Crippen molar-refractivity contribution in [2.75, 3.05) is 19.6 Å². The van der Waals surface area contributed by atoms with Crippen molar-refractivity contribution in [1.29, 1.82) is 0 Å². The molecule has 4 atom stereocenters. The van der Waals surface area contributed by atoms with Crippen LogP contribution in [0.1, 0.15) is 43.2 Å². The number of aliphatic carboxylic acids is 1. The van der Waals surface area contributed by atoms with Crippen LogP contribution in [-0.2, 0) is 11.3 Å². The number of benzene rings is 1. The second kappa shape index (κ2) is 7.08. The molecule has 3 saturated heterocycles. The van der Waals surface area contributed by atoms with Gasteiger partial charge in [-0.15, -0.1) is 0 Å². The van der Waals surface area contributed by atoms with E-state index in [1.165, 1.54) is 49.9 Å². The van der Waals surface area contributed by atoms with Gasteiger partial charge >= 0.3 is 5.97 Å².